The Morgan fingerprint density at radius 1 is 1.33 bits per heavy atom. The van der Waals surface area contributed by atoms with Gasteiger partial charge in [-0.25, -0.2) is 0 Å². The molecule has 2 heteroatoms. The smallest absolute Gasteiger partial charge is 0.0586 e. The van der Waals surface area contributed by atoms with Crippen LogP contribution >= 0.6 is 11.6 Å². The summed E-state index contributed by atoms with van der Waals surface area (Å²) in [5.41, 5.74) is 2.65. The van der Waals surface area contributed by atoms with Gasteiger partial charge < -0.3 is 4.74 Å². The predicted octanol–water partition coefficient (Wildman–Crippen LogP) is 4.88. The van der Waals surface area contributed by atoms with Crippen LogP contribution in [-0.2, 0) is 11.2 Å². The van der Waals surface area contributed by atoms with Crippen LogP contribution in [0.4, 0.5) is 0 Å². The number of ether oxygens (including phenoxy) is 1. The molecule has 2 unspecified atom stereocenters. The van der Waals surface area contributed by atoms with Crippen molar-refractivity contribution in [1.82, 2.24) is 0 Å². The molecule has 1 heterocycles. The summed E-state index contributed by atoms with van der Waals surface area (Å²) < 4.78 is 5.63. The summed E-state index contributed by atoms with van der Waals surface area (Å²) in [4.78, 5) is 0. The highest BCUT2D eigenvalue weighted by atomic mass is 35.5. The van der Waals surface area contributed by atoms with Crippen LogP contribution < -0.4 is 0 Å². The lowest BCUT2D eigenvalue weighted by Gasteiger charge is -2.13. The van der Waals surface area contributed by atoms with E-state index in [1.807, 2.05) is 0 Å². The molecular weight excluding hydrogens is 244 g/mol. The van der Waals surface area contributed by atoms with Gasteiger partial charge in [0, 0.05) is 6.61 Å². The van der Waals surface area contributed by atoms with Gasteiger partial charge in [0.15, 0.2) is 0 Å². The van der Waals surface area contributed by atoms with Crippen LogP contribution in [0.3, 0.4) is 0 Å². The second-order valence-corrected chi connectivity index (χ2v) is 5.70. The number of rotatable bonds is 6. The molecule has 0 radical (unpaired) electrons. The number of hydrogen-bond acceptors (Lipinski definition) is 1. The zero-order chi connectivity index (χ0) is 12.8. The van der Waals surface area contributed by atoms with Gasteiger partial charge in [-0.1, -0.05) is 37.6 Å². The Morgan fingerprint density at radius 3 is 2.72 bits per heavy atom. The lowest BCUT2D eigenvalue weighted by Crippen LogP contribution is -2.06. The van der Waals surface area contributed by atoms with Gasteiger partial charge >= 0.3 is 0 Å². The highest BCUT2D eigenvalue weighted by molar-refractivity contribution is 6.20. The second-order valence-electron chi connectivity index (χ2n) is 5.17. The molecule has 18 heavy (non-hydrogen) atoms. The van der Waals surface area contributed by atoms with Crippen LogP contribution in [0, 0.1) is 0 Å². The summed E-state index contributed by atoms with van der Waals surface area (Å²) in [6, 6.07) is 8.77. The van der Waals surface area contributed by atoms with Crippen molar-refractivity contribution < 1.29 is 4.74 Å². The third-order valence-electron chi connectivity index (χ3n) is 3.65. The molecule has 100 valence electrons. The Bertz CT molecular complexity index is 341. The van der Waals surface area contributed by atoms with E-state index in [4.69, 9.17) is 16.3 Å². The Hall–Kier alpha value is -0.530. The first-order valence-corrected chi connectivity index (χ1v) is 7.57. The molecule has 0 amide bonds. The summed E-state index contributed by atoms with van der Waals surface area (Å²) in [5, 5.41) is 0.130. The second kappa shape index (κ2) is 7.16. The van der Waals surface area contributed by atoms with Crippen LogP contribution in [0.5, 0.6) is 0 Å². The van der Waals surface area contributed by atoms with Gasteiger partial charge in [0.2, 0.25) is 0 Å². The van der Waals surface area contributed by atoms with Crippen molar-refractivity contribution in [2.75, 3.05) is 6.61 Å². The number of alkyl halides is 1. The molecule has 2 rings (SSSR count). The van der Waals surface area contributed by atoms with Crippen LogP contribution in [0.2, 0.25) is 0 Å². The minimum absolute atomic E-state index is 0.130. The molecule has 0 aliphatic carbocycles. The van der Waals surface area contributed by atoms with Crippen LogP contribution in [-0.4, -0.2) is 12.7 Å². The summed E-state index contributed by atoms with van der Waals surface area (Å²) >= 11 is 6.46. The van der Waals surface area contributed by atoms with E-state index in [1.165, 1.54) is 30.4 Å². The Labute approximate surface area is 115 Å². The minimum Gasteiger partial charge on any atom is -0.378 e. The highest BCUT2D eigenvalue weighted by Crippen LogP contribution is 2.29. The van der Waals surface area contributed by atoms with Crippen molar-refractivity contribution in [2.24, 2.45) is 0 Å². The van der Waals surface area contributed by atoms with Crippen molar-refractivity contribution in [1.29, 1.82) is 0 Å². The van der Waals surface area contributed by atoms with E-state index in [9.17, 15) is 0 Å². The molecule has 1 aliphatic rings. The minimum atomic E-state index is 0.130. The maximum atomic E-state index is 6.46. The third kappa shape index (κ3) is 4.00. The lowest BCUT2D eigenvalue weighted by atomic mass is 10.0. The molecule has 1 aromatic carbocycles. The molecule has 0 aromatic heterocycles. The number of aryl methyl sites for hydroxylation is 1. The van der Waals surface area contributed by atoms with Crippen molar-refractivity contribution in [3.63, 3.8) is 0 Å². The van der Waals surface area contributed by atoms with E-state index >= 15 is 0 Å². The van der Waals surface area contributed by atoms with Crippen LogP contribution in [0.25, 0.3) is 0 Å². The molecule has 0 saturated carbocycles. The van der Waals surface area contributed by atoms with Crippen molar-refractivity contribution in [3.05, 3.63) is 35.4 Å². The molecule has 0 bridgehead atoms. The van der Waals surface area contributed by atoms with Gasteiger partial charge in [-0.2, -0.15) is 0 Å². The molecule has 1 aliphatic heterocycles. The van der Waals surface area contributed by atoms with Gasteiger partial charge in [0.1, 0.15) is 0 Å². The monoisotopic (exact) mass is 266 g/mol. The number of halogens is 1. The molecule has 0 spiro atoms. The largest absolute Gasteiger partial charge is 0.378 e. The average molecular weight is 267 g/mol. The summed E-state index contributed by atoms with van der Waals surface area (Å²) in [5.74, 6) is 0. The van der Waals surface area contributed by atoms with E-state index in [0.717, 1.165) is 25.9 Å². The van der Waals surface area contributed by atoms with Crippen LogP contribution in [0.1, 0.15) is 55.5 Å². The summed E-state index contributed by atoms with van der Waals surface area (Å²) in [6.07, 6.45) is 7.32. The number of benzene rings is 1. The van der Waals surface area contributed by atoms with Gasteiger partial charge in [-0.15, -0.1) is 11.6 Å². The highest BCUT2D eigenvalue weighted by Gasteiger charge is 2.17. The maximum absolute atomic E-state index is 6.46. The molecule has 1 fully saturated rings. The summed E-state index contributed by atoms with van der Waals surface area (Å²) in [6.45, 7) is 3.14. The zero-order valence-corrected chi connectivity index (χ0v) is 12.0. The van der Waals surface area contributed by atoms with Crippen molar-refractivity contribution in [2.45, 2.75) is 56.9 Å². The molecule has 2 atom stereocenters. The SMILES string of the molecule is CCCc1ccc(C(Cl)CCC2CCCO2)cc1. The maximum Gasteiger partial charge on any atom is 0.0586 e. The lowest BCUT2D eigenvalue weighted by molar-refractivity contribution is 0.102. The van der Waals surface area contributed by atoms with Gasteiger partial charge in [-0.3, -0.25) is 0 Å². The fraction of sp³-hybridized carbons (Fsp3) is 0.625. The molecular formula is C16H23ClO. The molecule has 1 nitrogen and oxygen atoms in total. The predicted molar refractivity (Wildman–Crippen MR) is 77.2 cm³/mol. The van der Waals surface area contributed by atoms with Gasteiger partial charge in [0.25, 0.3) is 0 Å². The first-order chi connectivity index (χ1) is 8.79. The van der Waals surface area contributed by atoms with Gasteiger partial charge in [0.05, 0.1) is 11.5 Å². The Balaban J connectivity index is 1.81. The van der Waals surface area contributed by atoms with E-state index in [2.05, 4.69) is 31.2 Å². The molecule has 1 aromatic rings. The quantitative estimate of drug-likeness (QED) is 0.667. The topological polar surface area (TPSA) is 9.23 Å². The summed E-state index contributed by atoms with van der Waals surface area (Å²) in [7, 11) is 0. The van der Waals surface area contributed by atoms with Crippen molar-refractivity contribution >= 4 is 11.6 Å². The average Bonchev–Trinajstić information content (AvgIpc) is 2.90. The first-order valence-electron chi connectivity index (χ1n) is 7.14. The Kier molecular flexibility index (Phi) is 5.52. The fourth-order valence-corrected chi connectivity index (χ4v) is 2.82. The van der Waals surface area contributed by atoms with E-state index in [1.54, 1.807) is 0 Å². The normalized spacial score (nSPS) is 21.1. The van der Waals surface area contributed by atoms with Crippen molar-refractivity contribution in [3.8, 4) is 0 Å². The fourth-order valence-electron chi connectivity index (χ4n) is 2.55. The van der Waals surface area contributed by atoms with Crippen LogP contribution in [0.15, 0.2) is 24.3 Å². The zero-order valence-electron chi connectivity index (χ0n) is 11.2. The van der Waals surface area contributed by atoms with Gasteiger partial charge in [-0.05, 0) is 43.2 Å². The van der Waals surface area contributed by atoms with E-state index in [0.29, 0.717) is 6.10 Å². The Morgan fingerprint density at radius 2 is 2.11 bits per heavy atom. The number of hydrogen-bond donors (Lipinski definition) is 0. The molecule has 1 saturated heterocycles. The van der Waals surface area contributed by atoms with E-state index < -0.39 is 0 Å². The first kappa shape index (κ1) is 13.9. The standard InChI is InChI=1S/C16H23ClO/c1-2-4-13-6-8-14(9-7-13)16(17)11-10-15-5-3-12-18-15/h6-9,15-16H,2-5,10-12H2,1H3. The third-order valence-corrected chi connectivity index (χ3v) is 4.12. The molecule has 0 N–H and O–H groups in total. The van der Waals surface area contributed by atoms with E-state index in [-0.39, 0.29) is 5.38 Å².